The average Bonchev–Trinajstić information content (AvgIpc) is 3.23. The second kappa shape index (κ2) is 9.58. The third-order valence-corrected chi connectivity index (χ3v) is 8.17. The molecule has 0 atom stereocenters. The smallest absolute Gasteiger partial charge is 0.243 e. The third kappa shape index (κ3) is 5.39. The monoisotopic (exact) mass is 520 g/mol. The van der Waals surface area contributed by atoms with Gasteiger partial charge in [0.15, 0.2) is 5.13 Å². The second-order valence-electron chi connectivity index (χ2n) is 7.09. The number of thiazole rings is 1. The van der Waals surface area contributed by atoms with E-state index in [-0.39, 0.29) is 12.5 Å². The minimum atomic E-state index is -3.49. The van der Waals surface area contributed by atoms with Crippen molar-refractivity contribution in [1.29, 1.82) is 0 Å². The van der Waals surface area contributed by atoms with Gasteiger partial charge >= 0.3 is 0 Å². The largest absolute Gasteiger partial charge is 0.301 e. The zero-order valence-electron chi connectivity index (χ0n) is 16.6. The molecule has 0 spiro atoms. The van der Waals surface area contributed by atoms with Gasteiger partial charge in [-0.05, 0) is 24.3 Å². The number of hydrogen-bond donors (Lipinski definition) is 1. The lowest BCUT2D eigenvalue weighted by Gasteiger charge is -2.33. The van der Waals surface area contributed by atoms with Crippen LogP contribution in [0.4, 0.5) is 5.13 Å². The fourth-order valence-electron chi connectivity index (χ4n) is 3.32. The fraction of sp³-hybridized carbons (Fsp3) is 0.238. The van der Waals surface area contributed by atoms with Gasteiger partial charge in [0.2, 0.25) is 15.9 Å². The Bertz CT molecular complexity index is 1140. The number of benzene rings is 2. The molecule has 31 heavy (non-hydrogen) atoms. The third-order valence-electron chi connectivity index (χ3n) is 4.97. The molecule has 2 aromatic carbocycles. The number of anilines is 1. The summed E-state index contributed by atoms with van der Waals surface area (Å²) in [6.45, 7) is 1.92. The number of carbonyl (C=O) groups is 1. The molecule has 1 aliphatic heterocycles. The van der Waals surface area contributed by atoms with Crippen LogP contribution in [0.2, 0.25) is 0 Å². The van der Waals surface area contributed by atoms with Crippen LogP contribution in [0.1, 0.15) is 0 Å². The Hall–Kier alpha value is -2.11. The van der Waals surface area contributed by atoms with Crippen molar-refractivity contribution in [3.05, 3.63) is 64.5 Å². The van der Waals surface area contributed by atoms with Crippen molar-refractivity contribution in [3.63, 3.8) is 0 Å². The predicted octanol–water partition coefficient (Wildman–Crippen LogP) is 3.52. The van der Waals surface area contributed by atoms with E-state index >= 15 is 0 Å². The quantitative estimate of drug-likeness (QED) is 0.537. The van der Waals surface area contributed by atoms with Crippen molar-refractivity contribution >= 4 is 48.3 Å². The summed E-state index contributed by atoms with van der Waals surface area (Å²) in [5, 5.41) is 5.30. The van der Waals surface area contributed by atoms with Crippen LogP contribution in [0.5, 0.6) is 0 Å². The molecule has 4 rings (SSSR count). The first-order valence-corrected chi connectivity index (χ1v) is 12.8. The van der Waals surface area contributed by atoms with E-state index in [1.54, 1.807) is 30.3 Å². The van der Waals surface area contributed by atoms with Crippen molar-refractivity contribution in [2.24, 2.45) is 0 Å². The van der Waals surface area contributed by atoms with Crippen LogP contribution in [0.3, 0.4) is 0 Å². The van der Waals surface area contributed by atoms with Gasteiger partial charge in [-0.2, -0.15) is 4.31 Å². The van der Waals surface area contributed by atoms with Gasteiger partial charge in [-0.3, -0.25) is 9.69 Å². The molecule has 1 aliphatic rings. The van der Waals surface area contributed by atoms with Crippen LogP contribution in [0.25, 0.3) is 11.3 Å². The number of rotatable bonds is 6. The average molecular weight is 521 g/mol. The SMILES string of the molecule is O=C(CN1CCN(S(=O)(=O)c2ccccc2)CC1)Nc1nc(-c2ccc(Br)cc2)cs1. The molecule has 1 amide bonds. The summed E-state index contributed by atoms with van der Waals surface area (Å²) in [5.74, 6) is -0.156. The molecule has 2 heterocycles. The molecule has 0 aliphatic carbocycles. The Morgan fingerprint density at radius 3 is 2.39 bits per heavy atom. The van der Waals surface area contributed by atoms with E-state index in [9.17, 15) is 13.2 Å². The molecule has 1 aromatic heterocycles. The maximum Gasteiger partial charge on any atom is 0.243 e. The van der Waals surface area contributed by atoms with Gasteiger partial charge in [0, 0.05) is 41.6 Å². The highest BCUT2D eigenvalue weighted by molar-refractivity contribution is 9.10. The maximum absolute atomic E-state index is 12.7. The zero-order chi connectivity index (χ0) is 21.8. The van der Waals surface area contributed by atoms with Crippen LogP contribution in [-0.4, -0.2) is 61.2 Å². The number of piperazine rings is 1. The highest BCUT2D eigenvalue weighted by Gasteiger charge is 2.28. The van der Waals surface area contributed by atoms with Crippen molar-refractivity contribution < 1.29 is 13.2 Å². The van der Waals surface area contributed by atoms with Crippen molar-refractivity contribution in [3.8, 4) is 11.3 Å². The highest BCUT2D eigenvalue weighted by Crippen LogP contribution is 2.26. The molecule has 3 aromatic rings. The lowest BCUT2D eigenvalue weighted by molar-refractivity contribution is -0.117. The molecule has 10 heteroatoms. The summed E-state index contributed by atoms with van der Waals surface area (Å²) < 4.78 is 27.9. The van der Waals surface area contributed by atoms with Crippen molar-refractivity contribution in [1.82, 2.24) is 14.2 Å². The van der Waals surface area contributed by atoms with Crippen LogP contribution in [0, 0.1) is 0 Å². The summed E-state index contributed by atoms with van der Waals surface area (Å²) in [7, 11) is -3.49. The topological polar surface area (TPSA) is 82.6 Å². The number of nitrogens with zero attached hydrogens (tertiary/aromatic N) is 3. The van der Waals surface area contributed by atoms with Gasteiger partial charge in [-0.15, -0.1) is 11.3 Å². The lowest BCUT2D eigenvalue weighted by Crippen LogP contribution is -2.50. The Kier molecular flexibility index (Phi) is 6.83. The minimum absolute atomic E-state index is 0.156. The van der Waals surface area contributed by atoms with Gasteiger partial charge in [0.1, 0.15) is 0 Å². The Morgan fingerprint density at radius 2 is 1.71 bits per heavy atom. The van der Waals surface area contributed by atoms with E-state index in [0.717, 1.165) is 15.7 Å². The second-order valence-corrected chi connectivity index (χ2v) is 10.8. The van der Waals surface area contributed by atoms with E-state index in [2.05, 4.69) is 26.2 Å². The van der Waals surface area contributed by atoms with E-state index < -0.39 is 10.0 Å². The van der Waals surface area contributed by atoms with Crippen LogP contribution < -0.4 is 5.32 Å². The number of nitrogens with one attached hydrogen (secondary N) is 1. The van der Waals surface area contributed by atoms with Crippen LogP contribution in [0.15, 0.2) is 69.3 Å². The number of sulfonamides is 1. The lowest BCUT2D eigenvalue weighted by atomic mass is 10.2. The molecule has 1 saturated heterocycles. The van der Waals surface area contributed by atoms with Gasteiger partial charge in [-0.1, -0.05) is 46.3 Å². The summed E-state index contributed by atoms with van der Waals surface area (Å²) in [6.07, 6.45) is 0. The summed E-state index contributed by atoms with van der Waals surface area (Å²) in [6, 6.07) is 16.3. The first-order chi connectivity index (χ1) is 14.9. The van der Waals surface area contributed by atoms with E-state index in [1.807, 2.05) is 34.5 Å². The highest BCUT2D eigenvalue weighted by atomic mass is 79.9. The first kappa shape index (κ1) is 22.1. The molecule has 1 N–H and O–H groups in total. The molecule has 0 saturated carbocycles. The Balaban J connectivity index is 1.29. The van der Waals surface area contributed by atoms with Crippen molar-refractivity contribution in [2.45, 2.75) is 4.90 Å². The summed E-state index contributed by atoms with van der Waals surface area (Å²) in [4.78, 5) is 19.2. The molecule has 0 bridgehead atoms. The van der Waals surface area contributed by atoms with Crippen LogP contribution >= 0.6 is 27.3 Å². The number of hydrogen-bond acceptors (Lipinski definition) is 6. The molecule has 0 unspecified atom stereocenters. The summed E-state index contributed by atoms with van der Waals surface area (Å²) >= 11 is 4.79. The number of aromatic nitrogens is 1. The Morgan fingerprint density at radius 1 is 1.03 bits per heavy atom. The van der Waals surface area contributed by atoms with Gasteiger partial charge in [-0.25, -0.2) is 13.4 Å². The van der Waals surface area contributed by atoms with Gasteiger partial charge in [0.25, 0.3) is 0 Å². The minimum Gasteiger partial charge on any atom is -0.301 e. The fourth-order valence-corrected chi connectivity index (χ4v) is 5.76. The Labute approximate surface area is 193 Å². The number of halogens is 1. The number of amides is 1. The molecular weight excluding hydrogens is 500 g/mol. The molecule has 0 radical (unpaired) electrons. The van der Waals surface area contributed by atoms with Crippen LogP contribution in [-0.2, 0) is 14.8 Å². The van der Waals surface area contributed by atoms with E-state index in [4.69, 9.17) is 0 Å². The molecule has 7 nitrogen and oxygen atoms in total. The first-order valence-electron chi connectivity index (χ1n) is 9.71. The number of carbonyl (C=O) groups excluding carboxylic acids is 1. The van der Waals surface area contributed by atoms with Gasteiger partial charge < -0.3 is 5.32 Å². The molecular formula is C21H21BrN4O3S2. The van der Waals surface area contributed by atoms with E-state index in [0.29, 0.717) is 36.2 Å². The van der Waals surface area contributed by atoms with Gasteiger partial charge in [0.05, 0.1) is 17.1 Å². The molecule has 162 valence electrons. The molecule has 1 fully saturated rings. The predicted molar refractivity (Wildman–Crippen MR) is 126 cm³/mol. The zero-order valence-corrected chi connectivity index (χ0v) is 19.8. The summed E-state index contributed by atoms with van der Waals surface area (Å²) in [5.41, 5.74) is 1.79. The maximum atomic E-state index is 12.7. The standard InChI is InChI=1S/C21H21BrN4O3S2/c22-17-8-6-16(7-9-17)19-15-30-21(23-19)24-20(27)14-25-10-12-26(13-11-25)31(28,29)18-4-2-1-3-5-18/h1-9,15H,10-14H2,(H,23,24,27). The van der Waals surface area contributed by atoms with Crippen molar-refractivity contribution in [2.75, 3.05) is 38.0 Å². The van der Waals surface area contributed by atoms with E-state index in [1.165, 1.54) is 15.6 Å². The normalized spacial score (nSPS) is 15.6.